The van der Waals surface area contributed by atoms with Gasteiger partial charge in [-0.3, -0.25) is 0 Å². The summed E-state index contributed by atoms with van der Waals surface area (Å²) in [4.78, 5) is 10.6. The fraction of sp³-hybridized carbons (Fsp3) is 0.300. The summed E-state index contributed by atoms with van der Waals surface area (Å²) in [7, 11) is 0. The number of benzene rings is 1. The highest BCUT2D eigenvalue weighted by atomic mass is 32.1. The second kappa shape index (κ2) is 4.14. The van der Waals surface area contributed by atoms with Gasteiger partial charge >= 0.3 is 4.94 Å². The maximum Gasteiger partial charge on any atom is 0.396 e. The first kappa shape index (κ1) is 10.4. The van der Waals surface area contributed by atoms with Crippen LogP contribution in [0.25, 0.3) is 10.3 Å². The number of hydrogen-bond acceptors (Lipinski definition) is 5. The molecule has 0 saturated heterocycles. The molecule has 0 radical (unpaired) electrons. The van der Waals surface area contributed by atoms with Gasteiger partial charge in [0.05, 0.1) is 10.8 Å². The Balaban J connectivity index is 2.41. The molecule has 1 aromatic heterocycles. The van der Waals surface area contributed by atoms with Crippen LogP contribution < -0.4 is 10.7 Å². The Kier molecular flexibility index (Phi) is 2.86. The minimum Gasteiger partial charge on any atom is -0.414 e. The van der Waals surface area contributed by atoms with E-state index in [1.54, 1.807) is 18.2 Å². The van der Waals surface area contributed by atoms with Crippen LogP contribution >= 0.6 is 11.3 Å². The lowest BCUT2D eigenvalue weighted by Crippen LogP contribution is -2.06. The topological polar surface area (TPSA) is 76.5 Å². The fourth-order valence-corrected chi connectivity index (χ4v) is 2.07. The number of fused-ring (bicyclic) bond motifs is 1. The molecule has 1 atom stereocenters. The second-order valence-corrected chi connectivity index (χ2v) is 4.23. The van der Waals surface area contributed by atoms with E-state index < -0.39 is 6.10 Å². The van der Waals surface area contributed by atoms with E-state index in [1.807, 2.05) is 0 Å². The van der Waals surface area contributed by atoms with E-state index in [0.717, 1.165) is 21.6 Å². The third-order valence-corrected chi connectivity index (χ3v) is 2.99. The summed E-state index contributed by atoms with van der Waals surface area (Å²) in [5.74, 6) is 0. The number of aliphatic hydroxyl groups excluding tert-OH is 1. The average molecular weight is 225 g/mol. The summed E-state index contributed by atoms with van der Waals surface area (Å²) in [5, 5.41) is 9.69. The molecule has 0 aliphatic carbocycles. The van der Waals surface area contributed by atoms with Crippen molar-refractivity contribution in [3.63, 3.8) is 0 Å². The Morgan fingerprint density at radius 2 is 2.33 bits per heavy atom. The maximum atomic E-state index is 11.0. The molecule has 1 aromatic carbocycles. The Bertz CT molecular complexity index is 517. The van der Waals surface area contributed by atoms with Gasteiger partial charge in [-0.05, 0) is 30.7 Å². The molecule has 15 heavy (non-hydrogen) atoms. The Labute approximate surface area is 89.9 Å². The molecule has 0 saturated carbocycles. The summed E-state index contributed by atoms with van der Waals surface area (Å²) in [6.45, 7) is 0.423. The van der Waals surface area contributed by atoms with Crippen LogP contribution in [0.4, 0.5) is 0 Å². The molecule has 1 unspecified atom stereocenters. The third-order valence-electron chi connectivity index (χ3n) is 2.18. The van der Waals surface area contributed by atoms with Crippen LogP contribution in [-0.2, 0) is 0 Å². The lowest BCUT2D eigenvalue weighted by Gasteiger charge is -2.08. The first-order chi connectivity index (χ1) is 7.20. The quantitative estimate of drug-likeness (QED) is 0.823. The molecule has 0 fully saturated rings. The third kappa shape index (κ3) is 2.09. The number of hydrogen-bond donors (Lipinski definition) is 2. The van der Waals surface area contributed by atoms with Gasteiger partial charge in [-0.15, -0.1) is 0 Å². The zero-order valence-electron chi connectivity index (χ0n) is 7.97. The first-order valence-electron chi connectivity index (χ1n) is 4.62. The first-order valence-corrected chi connectivity index (χ1v) is 5.44. The summed E-state index contributed by atoms with van der Waals surface area (Å²) >= 11 is 1.06. The van der Waals surface area contributed by atoms with Crippen molar-refractivity contribution >= 4 is 21.6 Å². The summed E-state index contributed by atoms with van der Waals surface area (Å²) < 4.78 is 5.75. The molecule has 0 amide bonds. The van der Waals surface area contributed by atoms with Crippen LogP contribution in [0.5, 0.6) is 0 Å². The lowest BCUT2D eigenvalue weighted by molar-refractivity contribution is 0.170. The van der Waals surface area contributed by atoms with E-state index in [0.29, 0.717) is 18.5 Å². The van der Waals surface area contributed by atoms with Gasteiger partial charge in [-0.25, -0.2) is 4.79 Å². The van der Waals surface area contributed by atoms with Gasteiger partial charge in [0, 0.05) is 0 Å². The van der Waals surface area contributed by atoms with E-state index in [2.05, 4.69) is 0 Å². The number of aliphatic hydroxyl groups is 1. The van der Waals surface area contributed by atoms with E-state index in [9.17, 15) is 9.90 Å². The van der Waals surface area contributed by atoms with Crippen LogP contribution in [-0.4, -0.2) is 11.7 Å². The van der Waals surface area contributed by atoms with E-state index >= 15 is 0 Å². The van der Waals surface area contributed by atoms with Gasteiger partial charge in [0.2, 0.25) is 0 Å². The van der Waals surface area contributed by atoms with Crippen molar-refractivity contribution in [2.24, 2.45) is 5.73 Å². The minimum atomic E-state index is -0.593. The fourth-order valence-electron chi connectivity index (χ4n) is 1.42. The molecule has 5 heteroatoms. The summed E-state index contributed by atoms with van der Waals surface area (Å²) in [6.07, 6.45) is -0.0931. The smallest absolute Gasteiger partial charge is 0.396 e. The average Bonchev–Trinajstić information content (AvgIpc) is 2.57. The summed E-state index contributed by atoms with van der Waals surface area (Å²) in [5.41, 5.74) is 6.61. The highest BCUT2D eigenvalue weighted by Gasteiger charge is 2.09. The zero-order chi connectivity index (χ0) is 10.8. The summed E-state index contributed by atoms with van der Waals surface area (Å²) in [6, 6.07) is 5.25. The molecular weight excluding hydrogens is 214 g/mol. The van der Waals surface area contributed by atoms with Crippen molar-refractivity contribution in [2.45, 2.75) is 12.5 Å². The van der Waals surface area contributed by atoms with Crippen molar-refractivity contribution in [3.8, 4) is 0 Å². The van der Waals surface area contributed by atoms with Gasteiger partial charge in [-0.2, -0.15) is 0 Å². The monoisotopic (exact) mass is 225 g/mol. The zero-order valence-corrected chi connectivity index (χ0v) is 8.79. The van der Waals surface area contributed by atoms with E-state index in [1.165, 1.54) is 0 Å². The van der Waals surface area contributed by atoms with E-state index in [4.69, 9.17) is 10.2 Å². The Morgan fingerprint density at radius 3 is 3.07 bits per heavy atom. The highest BCUT2D eigenvalue weighted by molar-refractivity contribution is 7.16. The van der Waals surface area contributed by atoms with Gasteiger partial charge < -0.3 is 15.3 Å². The molecule has 1 heterocycles. The number of rotatable bonds is 3. The molecule has 0 spiro atoms. The largest absolute Gasteiger partial charge is 0.414 e. The molecule has 2 aromatic rings. The van der Waals surface area contributed by atoms with Crippen molar-refractivity contribution in [1.82, 2.24) is 0 Å². The Morgan fingerprint density at radius 1 is 1.53 bits per heavy atom. The van der Waals surface area contributed by atoms with Crippen molar-refractivity contribution < 1.29 is 9.52 Å². The van der Waals surface area contributed by atoms with Crippen LogP contribution in [0.3, 0.4) is 0 Å². The highest BCUT2D eigenvalue weighted by Crippen LogP contribution is 2.23. The standard InChI is InChI=1S/C10H11NO3S/c11-4-3-7(12)6-1-2-9-8(5-6)14-10(13)15-9/h1-2,5,7,12H,3-4,11H2. The molecule has 4 nitrogen and oxygen atoms in total. The molecule has 80 valence electrons. The van der Waals surface area contributed by atoms with Gasteiger partial charge in [0.25, 0.3) is 0 Å². The lowest BCUT2D eigenvalue weighted by atomic mass is 10.1. The minimum absolute atomic E-state index is 0.324. The molecule has 2 rings (SSSR count). The maximum absolute atomic E-state index is 11.0. The van der Waals surface area contributed by atoms with Crippen LogP contribution in [0.15, 0.2) is 27.4 Å². The normalized spacial score (nSPS) is 13.2. The van der Waals surface area contributed by atoms with Crippen LogP contribution in [0, 0.1) is 0 Å². The predicted octanol–water partition coefficient (Wildman–Crippen LogP) is 1.24. The van der Waals surface area contributed by atoms with Crippen molar-refractivity contribution in [2.75, 3.05) is 6.54 Å². The van der Waals surface area contributed by atoms with Crippen molar-refractivity contribution in [3.05, 3.63) is 33.5 Å². The van der Waals surface area contributed by atoms with Crippen LogP contribution in [0.1, 0.15) is 18.1 Å². The van der Waals surface area contributed by atoms with Crippen molar-refractivity contribution in [1.29, 1.82) is 0 Å². The van der Waals surface area contributed by atoms with Gasteiger partial charge in [0.15, 0.2) is 0 Å². The SMILES string of the molecule is NCCC(O)c1ccc2sc(=O)oc2c1. The number of nitrogens with two attached hydrogens (primary N) is 1. The molecule has 0 aliphatic heterocycles. The molecule has 0 bridgehead atoms. The van der Waals surface area contributed by atoms with Gasteiger partial charge in [0.1, 0.15) is 5.58 Å². The predicted molar refractivity (Wildman–Crippen MR) is 59.0 cm³/mol. The van der Waals surface area contributed by atoms with Crippen LogP contribution in [0.2, 0.25) is 0 Å². The molecule has 3 N–H and O–H groups in total. The molecule has 0 aliphatic rings. The van der Waals surface area contributed by atoms with E-state index in [-0.39, 0.29) is 4.94 Å². The Hall–Kier alpha value is -1.17. The second-order valence-electron chi connectivity index (χ2n) is 3.25. The molecular formula is C10H11NO3S. The van der Waals surface area contributed by atoms with Gasteiger partial charge in [-0.1, -0.05) is 17.4 Å².